The number of carbonyl (C=O) groups excluding carboxylic acids is 3. The van der Waals surface area contributed by atoms with E-state index in [4.69, 9.17) is 14.2 Å². The molecule has 0 unspecified atom stereocenters. The first kappa shape index (κ1) is 22.1. The Morgan fingerprint density at radius 1 is 1.13 bits per heavy atom. The van der Waals surface area contributed by atoms with Gasteiger partial charge in [0.15, 0.2) is 6.10 Å². The Kier molecular flexibility index (Phi) is 6.97. The third kappa shape index (κ3) is 5.11. The summed E-state index contributed by atoms with van der Waals surface area (Å²) in [5.74, 6) is -0.772. The maximum atomic E-state index is 12.7. The summed E-state index contributed by atoms with van der Waals surface area (Å²) in [6.07, 6.45) is -0.949. The fraction of sp³-hybridized carbons (Fsp3) is 0.591. The molecule has 1 aromatic rings. The van der Waals surface area contributed by atoms with E-state index in [1.807, 2.05) is 20.8 Å². The van der Waals surface area contributed by atoms with Crippen molar-refractivity contribution >= 4 is 23.5 Å². The average Bonchev–Trinajstić information content (AvgIpc) is 3.09. The van der Waals surface area contributed by atoms with Crippen molar-refractivity contribution in [3.8, 4) is 5.75 Å². The minimum absolute atomic E-state index is 0.0595. The summed E-state index contributed by atoms with van der Waals surface area (Å²) in [6, 6.07) is 7.18. The van der Waals surface area contributed by atoms with Gasteiger partial charge in [-0.15, -0.1) is 0 Å². The fourth-order valence-corrected chi connectivity index (χ4v) is 3.94. The van der Waals surface area contributed by atoms with Crippen molar-refractivity contribution in [1.29, 1.82) is 0 Å². The zero-order valence-electron chi connectivity index (χ0n) is 18.0. The van der Waals surface area contributed by atoms with Gasteiger partial charge in [0.25, 0.3) is 5.91 Å². The highest BCUT2D eigenvalue weighted by molar-refractivity contribution is 5.99. The highest BCUT2D eigenvalue weighted by atomic mass is 16.5. The molecule has 8 heteroatoms. The summed E-state index contributed by atoms with van der Waals surface area (Å²) >= 11 is 0. The maximum absolute atomic E-state index is 12.7. The Morgan fingerprint density at radius 2 is 1.77 bits per heavy atom. The quantitative estimate of drug-likeness (QED) is 0.657. The molecule has 2 aliphatic rings. The van der Waals surface area contributed by atoms with E-state index in [0.717, 1.165) is 5.75 Å². The number of anilines is 1. The van der Waals surface area contributed by atoms with Gasteiger partial charge in [0.1, 0.15) is 5.75 Å². The van der Waals surface area contributed by atoms with Gasteiger partial charge in [-0.2, -0.15) is 0 Å². The van der Waals surface area contributed by atoms with Crippen LogP contribution in [0.25, 0.3) is 0 Å². The van der Waals surface area contributed by atoms with Crippen LogP contribution in [0.15, 0.2) is 24.3 Å². The van der Waals surface area contributed by atoms with Crippen molar-refractivity contribution in [2.75, 3.05) is 31.1 Å². The molecule has 0 spiro atoms. The molecule has 2 fully saturated rings. The summed E-state index contributed by atoms with van der Waals surface area (Å²) < 4.78 is 16.5. The second-order valence-electron chi connectivity index (χ2n) is 7.91. The lowest BCUT2D eigenvalue weighted by atomic mass is 10.1. The molecule has 0 saturated carbocycles. The molecule has 0 bridgehead atoms. The summed E-state index contributed by atoms with van der Waals surface area (Å²) in [6.45, 7) is 9.04. The third-order valence-electron chi connectivity index (χ3n) is 5.29. The van der Waals surface area contributed by atoms with E-state index < -0.39 is 18.0 Å². The minimum atomic E-state index is -0.898. The topological polar surface area (TPSA) is 85.4 Å². The summed E-state index contributed by atoms with van der Waals surface area (Å²) in [7, 11) is 0. The van der Waals surface area contributed by atoms with Crippen LogP contribution in [0.1, 0.15) is 34.1 Å². The number of amides is 2. The van der Waals surface area contributed by atoms with Crippen LogP contribution in [0.3, 0.4) is 0 Å². The zero-order valence-corrected chi connectivity index (χ0v) is 18.0. The van der Waals surface area contributed by atoms with E-state index >= 15 is 0 Å². The third-order valence-corrected chi connectivity index (χ3v) is 5.29. The van der Waals surface area contributed by atoms with E-state index in [1.165, 1.54) is 0 Å². The van der Waals surface area contributed by atoms with Gasteiger partial charge in [-0.25, -0.2) is 0 Å². The molecule has 8 nitrogen and oxygen atoms in total. The Morgan fingerprint density at radius 3 is 2.37 bits per heavy atom. The molecular formula is C22H30N2O6. The molecule has 2 amide bonds. The van der Waals surface area contributed by atoms with Gasteiger partial charge in [-0.1, -0.05) is 0 Å². The lowest BCUT2D eigenvalue weighted by Gasteiger charge is -2.36. The van der Waals surface area contributed by atoms with Crippen molar-refractivity contribution in [2.24, 2.45) is 5.92 Å². The van der Waals surface area contributed by atoms with Crippen LogP contribution in [0, 0.1) is 5.92 Å². The molecule has 1 aromatic carbocycles. The van der Waals surface area contributed by atoms with Gasteiger partial charge in [-0.05, 0) is 52.0 Å². The van der Waals surface area contributed by atoms with Crippen molar-refractivity contribution < 1.29 is 28.6 Å². The number of ether oxygens (including phenoxy) is 3. The van der Waals surface area contributed by atoms with E-state index in [1.54, 1.807) is 41.0 Å². The van der Waals surface area contributed by atoms with Crippen LogP contribution >= 0.6 is 0 Å². The van der Waals surface area contributed by atoms with Gasteiger partial charge in [0.2, 0.25) is 5.91 Å². The van der Waals surface area contributed by atoms with E-state index in [9.17, 15) is 14.4 Å². The number of rotatable bonds is 6. The molecular weight excluding hydrogens is 388 g/mol. The highest BCUT2D eigenvalue weighted by Crippen LogP contribution is 2.28. The molecule has 4 atom stereocenters. The van der Waals surface area contributed by atoms with Crippen molar-refractivity contribution in [3.63, 3.8) is 0 Å². The minimum Gasteiger partial charge on any atom is -0.494 e. The number of nitrogens with zero attached hydrogens (tertiary/aromatic N) is 2. The van der Waals surface area contributed by atoms with Gasteiger partial charge >= 0.3 is 5.97 Å². The van der Waals surface area contributed by atoms with Crippen LogP contribution in [-0.2, 0) is 23.9 Å². The summed E-state index contributed by atoms with van der Waals surface area (Å²) in [5, 5.41) is 0. The second kappa shape index (κ2) is 9.47. The molecule has 30 heavy (non-hydrogen) atoms. The van der Waals surface area contributed by atoms with E-state index in [-0.39, 0.29) is 37.0 Å². The fourth-order valence-electron chi connectivity index (χ4n) is 3.94. The number of carbonyl (C=O) groups is 3. The molecule has 0 aromatic heterocycles. The van der Waals surface area contributed by atoms with Gasteiger partial charge in [-0.3, -0.25) is 14.4 Å². The van der Waals surface area contributed by atoms with Crippen LogP contribution in [-0.4, -0.2) is 67.2 Å². The molecule has 164 valence electrons. The van der Waals surface area contributed by atoms with Crippen LogP contribution in [0.2, 0.25) is 0 Å². The zero-order chi connectivity index (χ0) is 21.8. The number of hydrogen-bond acceptors (Lipinski definition) is 6. The normalized spacial score (nSPS) is 25.2. The second-order valence-corrected chi connectivity index (χ2v) is 7.91. The molecule has 0 aliphatic carbocycles. The number of morpholine rings is 1. The van der Waals surface area contributed by atoms with Crippen LogP contribution < -0.4 is 9.64 Å². The predicted molar refractivity (Wildman–Crippen MR) is 110 cm³/mol. The number of esters is 1. The molecule has 2 aliphatic heterocycles. The first-order valence-electron chi connectivity index (χ1n) is 10.5. The molecule has 0 N–H and O–H groups in total. The van der Waals surface area contributed by atoms with Gasteiger partial charge < -0.3 is 24.0 Å². The van der Waals surface area contributed by atoms with Crippen LogP contribution in [0.4, 0.5) is 5.69 Å². The van der Waals surface area contributed by atoms with Crippen molar-refractivity contribution in [2.45, 2.75) is 52.4 Å². The van der Waals surface area contributed by atoms with Crippen LogP contribution in [0.5, 0.6) is 5.75 Å². The molecule has 3 rings (SSSR count). The SMILES string of the molecule is CCOc1ccc(N2C[C@H](C(=O)O[C@@H](C)C(=O)N3C[C@@H](C)O[C@@H](C)C3)CC2=O)cc1. The van der Waals surface area contributed by atoms with Gasteiger partial charge in [0.05, 0.1) is 24.7 Å². The number of benzene rings is 1. The molecule has 2 heterocycles. The van der Waals surface area contributed by atoms with E-state index in [2.05, 4.69) is 0 Å². The summed E-state index contributed by atoms with van der Waals surface area (Å²) in [4.78, 5) is 41.0. The smallest absolute Gasteiger partial charge is 0.312 e. The Bertz CT molecular complexity index is 770. The first-order valence-corrected chi connectivity index (χ1v) is 10.5. The molecule has 2 saturated heterocycles. The monoisotopic (exact) mass is 418 g/mol. The average molecular weight is 418 g/mol. The van der Waals surface area contributed by atoms with Crippen molar-refractivity contribution in [1.82, 2.24) is 4.90 Å². The lowest BCUT2D eigenvalue weighted by Crippen LogP contribution is -2.51. The standard InChI is InChI=1S/C22H30N2O6/c1-5-28-19-8-6-18(7-9-19)24-13-17(10-20(24)25)22(27)30-16(4)21(26)23-11-14(2)29-15(3)12-23/h6-9,14-17H,5,10-13H2,1-4H3/t14-,15+,16-,17+/m0/s1. The van der Waals surface area contributed by atoms with E-state index in [0.29, 0.717) is 25.4 Å². The predicted octanol–water partition coefficient (Wildman–Crippen LogP) is 2.01. The molecule has 0 radical (unpaired) electrons. The first-order chi connectivity index (χ1) is 14.3. The Hall–Kier alpha value is -2.61. The maximum Gasteiger partial charge on any atom is 0.312 e. The number of hydrogen-bond donors (Lipinski definition) is 0. The Labute approximate surface area is 177 Å². The highest BCUT2D eigenvalue weighted by Gasteiger charge is 2.38. The largest absolute Gasteiger partial charge is 0.494 e. The summed E-state index contributed by atoms with van der Waals surface area (Å²) in [5.41, 5.74) is 0.708. The Balaban J connectivity index is 1.56. The van der Waals surface area contributed by atoms with Gasteiger partial charge in [0, 0.05) is 31.7 Å². The van der Waals surface area contributed by atoms with Crippen molar-refractivity contribution in [3.05, 3.63) is 24.3 Å². The lowest BCUT2D eigenvalue weighted by molar-refractivity contribution is -0.166.